The number of thiocarbonyl (C=S) groups is 1. The molecule has 2 saturated carbocycles. The summed E-state index contributed by atoms with van der Waals surface area (Å²) in [7, 11) is 0. The minimum Gasteiger partial charge on any atom is -0.389 e. The van der Waals surface area contributed by atoms with Crippen LogP contribution in [0.2, 0.25) is 0 Å². The van der Waals surface area contributed by atoms with Crippen molar-refractivity contribution in [3.05, 3.63) is 28.2 Å². The Kier molecular flexibility index (Phi) is 4.04. The molecule has 2 aliphatic rings. The summed E-state index contributed by atoms with van der Waals surface area (Å²) in [5, 5.41) is 3.66. The van der Waals surface area contributed by atoms with Gasteiger partial charge in [-0.25, -0.2) is 0 Å². The van der Waals surface area contributed by atoms with E-state index < -0.39 is 0 Å². The third-order valence-electron chi connectivity index (χ3n) is 5.08. The molecule has 2 nitrogen and oxygen atoms in total. The van der Waals surface area contributed by atoms with E-state index >= 15 is 0 Å². The summed E-state index contributed by atoms with van der Waals surface area (Å²) in [5.74, 6) is 2.70. The second-order valence-electron chi connectivity index (χ2n) is 6.30. The van der Waals surface area contributed by atoms with Crippen LogP contribution in [0.15, 0.2) is 22.7 Å². The molecular formula is C16H21BrN2S. The van der Waals surface area contributed by atoms with Crippen LogP contribution in [-0.2, 0) is 0 Å². The Morgan fingerprint density at radius 2 is 2.20 bits per heavy atom. The summed E-state index contributed by atoms with van der Waals surface area (Å²) in [5.41, 5.74) is 7.85. The van der Waals surface area contributed by atoms with Crippen LogP contribution in [0.1, 0.15) is 38.2 Å². The second kappa shape index (κ2) is 5.64. The molecule has 0 saturated heterocycles. The molecule has 4 heteroatoms. The van der Waals surface area contributed by atoms with Crippen LogP contribution in [0.5, 0.6) is 0 Å². The van der Waals surface area contributed by atoms with Crippen molar-refractivity contribution in [1.29, 1.82) is 0 Å². The van der Waals surface area contributed by atoms with Gasteiger partial charge >= 0.3 is 0 Å². The highest BCUT2D eigenvalue weighted by Crippen LogP contribution is 2.50. The fourth-order valence-corrected chi connectivity index (χ4v) is 5.08. The monoisotopic (exact) mass is 352 g/mol. The van der Waals surface area contributed by atoms with Crippen molar-refractivity contribution in [3.8, 4) is 0 Å². The molecule has 0 aromatic heterocycles. The van der Waals surface area contributed by atoms with Gasteiger partial charge in [-0.1, -0.05) is 24.7 Å². The topological polar surface area (TPSA) is 38.0 Å². The summed E-state index contributed by atoms with van der Waals surface area (Å²) in [4.78, 5) is 0.445. The Morgan fingerprint density at radius 1 is 1.40 bits per heavy atom. The van der Waals surface area contributed by atoms with E-state index in [9.17, 15) is 0 Å². The van der Waals surface area contributed by atoms with Crippen molar-refractivity contribution in [2.24, 2.45) is 23.5 Å². The van der Waals surface area contributed by atoms with Gasteiger partial charge in [0.1, 0.15) is 4.99 Å². The van der Waals surface area contributed by atoms with Gasteiger partial charge in [-0.05, 0) is 72.0 Å². The van der Waals surface area contributed by atoms with Crippen molar-refractivity contribution < 1.29 is 0 Å². The van der Waals surface area contributed by atoms with E-state index in [4.69, 9.17) is 18.0 Å². The van der Waals surface area contributed by atoms with Crippen molar-refractivity contribution in [2.75, 3.05) is 5.32 Å². The highest BCUT2D eigenvalue weighted by atomic mass is 79.9. The normalized spacial score (nSPS) is 29.4. The van der Waals surface area contributed by atoms with Gasteiger partial charge in [0.05, 0.1) is 0 Å². The zero-order chi connectivity index (χ0) is 14.3. The Morgan fingerprint density at radius 3 is 2.80 bits per heavy atom. The molecule has 1 aromatic carbocycles. The first-order valence-electron chi connectivity index (χ1n) is 7.41. The largest absolute Gasteiger partial charge is 0.389 e. The first kappa shape index (κ1) is 14.3. The Hall–Kier alpha value is -0.610. The Bertz CT molecular complexity index is 531. The molecule has 1 aromatic rings. The number of halogens is 1. The van der Waals surface area contributed by atoms with Gasteiger partial charge in [0.25, 0.3) is 0 Å². The molecule has 2 aliphatic carbocycles. The van der Waals surface area contributed by atoms with E-state index in [1.807, 2.05) is 12.1 Å². The van der Waals surface area contributed by atoms with Crippen LogP contribution >= 0.6 is 28.1 Å². The van der Waals surface area contributed by atoms with Crippen molar-refractivity contribution in [2.45, 2.75) is 38.6 Å². The van der Waals surface area contributed by atoms with Crippen LogP contribution in [0.3, 0.4) is 0 Å². The van der Waals surface area contributed by atoms with Crippen molar-refractivity contribution in [1.82, 2.24) is 0 Å². The lowest BCUT2D eigenvalue weighted by Gasteiger charge is -2.30. The van der Waals surface area contributed by atoms with Crippen LogP contribution in [0.25, 0.3) is 0 Å². The number of nitrogens with one attached hydrogen (secondary N) is 1. The van der Waals surface area contributed by atoms with Gasteiger partial charge < -0.3 is 11.1 Å². The number of benzene rings is 1. The number of anilines is 1. The quantitative estimate of drug-likeness (QED) is 0.792. The molecule has 0 radical (unpaired) electrons. The highest BCUT2D eigenvalue weighted by Gasteiger charge is 2.41. The molecule has 0 aliphatic heterocycles. The summed E-state index contributed by atoms with van der Waals surface area (Å²) in [6.07, 6.45) is 5.69. The minimum atomic E-state index is 0.445. The molecule has 3 rings (SSSR count). The number of nitrogens with two attached hydrogens (primary N) is 1. The van der Waals surface area contributed by atoms with Gasteiger partial charge in [0, 0.05) is 21.8 Å². The van der Waals surface area contributed by atoms with E-state index in [1.54, 1.807) is 0 Å². The number of hydrogen-bond acceptors (Lipinski definition) is 2. The molecule has 2 bridgehead atoms. The molecule has 0 spiro atoms. The summed E-state index contributed by atoms with van der Waals surface area (Å²) in [6, 6.07) is 6.57. The van der Waals surface area contributed by atoms with Gasteiger partial charge in [0.2, 0.25) is 0 Å². The standard InChI is InChI=1S/C16H21BrN2S/c1-9(12-8-10-5-6-11(12)7-10)19-14-4-2-3-13(17)15(14)16(18)20/h2-4,9-12,19H,5-8H2,1H3,(H2,18,20). The first-order chi connectivity index (χ1) is 9.56. The Balaban J connectivity index is 1.78. The lowest BCUT2D eigenvalue weighted by atomic mass is 9.84. The third kappa shape index (κ3) is 2.60. The molecular weight excluding hydrogens is 332 g/mol. The number of fused-ring (bicyclic) bond motifs is 2. The van der Waals surface area contributed by atoms with E-state index in [1.165, 1.54) is 25.7 Å². The number of hydrogen-bond donors (Lipinski definition) is 2. The van der Waals surface area contributed by atoms with E-state index in [2.05, 4.69) is 34.2 Å². The second-order valence-corrected chi connectivity index (χ2v) is 7.59. The maximum Gasteiger partial charge on any atom is 0.107 e. The van der Waals surface area contributed by atoms with Crippen LogP contribution in [0, 0.1) is 17.8 Å². The summed E-state index contributed by atoms with van der Waals surface area (Å²) >= 11 is 8.73. The van der Waals surface area contributed by atoms with Crippen LogP contribution < -0.4 is 11.1 Å². The maximum atomic E-state index is 5.87. The van der Waals surface area contributed by atoms with Gasteiger partial charge in [-0.2, -0.15) is 0 Å². The lowest BCUT2D eigenvalue weighted by molar-refractivity contribution is 0.304. The smallest absolute Gasteiger partial charge is 0.107 e. The van der Waals surface area contributed by atoms with Crippen LogP contribution in [0.4, 0.5) is 5.69 Å². The van der Waals surface area contributed by atoms with Gasteiger partial charge in [0.15, 0.2) is 0 Å². The van der Waals surface area contributed by atoms with Crippen LogP contribution in [-0.4, -0.2) is 11.0 Å². The zero-order valence-corrected chi connectivity index (χ0v) is 14.1. The molecule has 108 valence electrons. The van der Waals surface area contributed by atoms with Gasteiger partial charge in [-0.15, -0.1) is 0 Å². The van der Waals surface area contributed by atoms with E-state index in [0.29, 0.717) is 11.0 Å². The predicted molar refractivity (Wildman–Crippen MR) is 92.1 cm³/mol. The average Bonchev–Trinajstić information content (AvgIpc) is 3.00. The molecule has 0 amide bonds. The minimum absolute atomic E-state index is 0.445. The lowest BCUT2D eigenvalue weighted by Crippen LogP contribution is -2.31. The number of rotatable bonds is 4. The SMILES string of the molecule is CC(Nc1cccc(Br)c1C(N)=S)C1CC2CCC1C2. The first-order valence-corrected chi connectivity index (χ1v) is 8.61. The fourth-order valence-electron chi connectivity index (χ4n) is 4.15. The van der Waals surface area contributed by atoms with E-state index in [0.717, 1.165) is 33.5 Å². The molecule has 20 heavy (non-hydrogen) atoms. The highest BCUT2D eigenvalue weighted by molar-refractivity contribution is 9.10. The molecule has 4 atom stereocenters. The summed E-state index contributed by atoms with van der Waals surface area (Å²) in [6.45, 7) is 2.30. The Labute approximate surface area is 134 Å². The van der Waals surface area contributed by atoms with E-state index in [-0.39, 0.29) is 0 Å². The molecule has 4 unspecified atom stereocenters. The fraction of sp³-hybridized carbons (Fsp3) is 0.562. The van der Waals surface area contributed by atoms with Crippen molar-refractivity contribution in [3.63, 3.8) is 0 Å². The summed E-state index contributed by atoms with van der Waals surface area (Å²) < 4.78 is 0.968. The molecule has 3 N–H and O–H groups in total. The average molecular weight is 353 g/mol. The zero-order valence-electron chi connectivity index (χ0n) is 11.7. The van der Waals surface area contributed by atoms with Gasteiger partial charge in [-0.3, -0.25) is 0 Å². The van der Waals surface area contributed by atoms with Crippen molar-refractivity contribution >= 4 is 38.8 Å². The predicted octanol–water partition coefficient (Wildman–Crippen LogP) is 4.32. The molecule has 0 heterocycles. The molecule has 2 fully saturated rings. The third-order valence-corrected chi connectivity index (χ3v) is 5.94. The maximum absolute atomic E-state index is 5.87.